The van der Waals surface area contributed by atoms with E-state index in [2.05, 4.69) is 15.1 Å². The second-order valence-electron chi connectivity index (χ2n) is 8.43. The van der Waals surface area contributed by atoms with Crippen LogP contribution in [0.3, 0.4) is 0 Å². The van der Waals surface area contributed by atoms with Gasteiger partial charge in [-0.2, -0.15) is 5.10 Å². The van der Waals surface area contributed by atoms with Gasteiger partial charge in [0.05, 0.1) is 47.7 Å². The number of anilines is 1. The highest BCUT2D eigenvalue weighted by Gasteiger charge is 2.49. The molecular weight excluding hydrogens is 465 g/mol. The summed E-state index contributed by atoms with van der Waals surface area (Å²) in [6.45, 7) is -0.725. The zero-order chi connectivity index (χ0) is 24.0. The number of halogens is 1. The minimum Gasteiger partial charge on any atom is -0.755 e. The lowest BCUT2D eigenvalue weighted by Gasteiger charge is -2.33. The molecule has 1 N–H and O–H groups in total. The van der Waals surface area contributed by atoms with E-state index in [1.807, 2.05) is 0 Å². The van der Waals surface area contributed by atoms with E-state index in [1.165, 1.54) is 29.1 Å². The Labute approximate surface area is 194 Å². The lowest BCUT2D eigenvalue weighted by atomic mass is 10.2. The minimum atomic E-state index is -2.74. The largest absolute Gasteiger partial charge is 0.755 e. The molecule has 4 aromatic rings. The third-order valence-corrected chi connectivity index (χ3v) is 6.98. The normalized spacial score (nSPS) is 15.5. The molecule has 1 aromatic carbocycles. The maximum absolute atomic E-state index is 13.7. The van der Waals surface area contributed by atoms with Gasteiger partial charge in [-0.05, 0) is 31.0 Å². The summed E-state index contributed by atoms with van der Waals surface area (Å²) in [4.78, 5) is 33.8. The van der Waals surface area contributed by atoms with Crippen molar-refractivity contribution >= 4 is 27.9 Å². The number of fused-ring (bicyclic) bond motifs is 1. The van der Waals surface area contributed by atoms with Gasteiger partial charge in [-0.15, -0.1) is 0 Å². The number of benzene rings is 1. The van der Waals surface area contributed by atoms with Gasteiger partial charge >= 0.3 is 5.69 Å². The number of aromatic amines is 1. The molecule has 3 aromatic heterocycles. The molecule has 34 heavy (non-hydrogen) atoms. The fourth-order valence-electron chi connectivity index (χ4n) is 4.16. The van der Waals surface area contributed by atoms with Gasteiger partial charge in [0.1, 0.15) is 6.67 Å². The number of imidazole rings is 1. The first kappa shape index (κ1) is 22.2. The predicted molar refractivity (Wildman–Crippen MR) is 122 cm³/mol. The average molecular weight is 487 g/mol. The first-order chi connectivity index (χ1) is 16.3. The van der Waals surface area contributed by atoms with Crippen LogP contribution in [-0.4, -0.2) is 49.9 Å². The second-order valence-corrected chi connectivity index (χ2v) is 9.23. The number of rotatable bonds is 8. The SMILES string of the molecule is Cn1cc(Cn2c(=O)c3cc(N(S(=O)[O-])C4(CF)CC4)ccc3n(Cc3cnc[nH]3)c2=O)cn1. The van der Waals surface area contributed by atoms with Crippen molar-refractivity contribution in [3.05, 3.63) is 75.2 Å². The van der Waals surface area contributed by atoms with Gasteiger partial charge in [0.15, 0.2) is 0 Å². The van der Waals surface area contributed by atoms with E-state index in [1.54, 1.807) is 30.3 Å². The molecular formula is C21H21FN7O4S-. The third kappa shape index (κ3) is 3.76. The summed E-state index contributed by atoms with van der Waals surface area (Å²) in [7, 11) is 1.73. The minimum absolute atomic E-state index is 0.0136. The highest BCUT2D eigenvalue weighted by molar-refractivity contribution is 7.80. The molecule has 0 spiro atoms. The highest BCUT2D eigenvalue weighted by Crippen LogP contribution is 2.45. The van der Waals surface area contributed by atoms with Crippen LogP contribution in [0.4, 0.5) is 10.1 Å². The lowest BCUT2D eigenvalue weighted by Crippen LogP contribution is -2.42. The van der Waals surface area contributed by atoms with E-state index in [9.17, 15) is 22.7 Å². The molecule has 0 aliphatic heterocycles. The summed E-state index contributed by atoms with van der Waals surface area (Å²) < 4.78 is 42.8. The summed E-state index contributed by atoms with van der Waals surface area (Å²) in [6, 6.07) is 4.42. The number of aromatic nitrogens is 6. The van der Waals surface area contributed by atoms with Crippen LogP contribution in [0, 0.1) is 0 Å². The smallest absolute Gasteiger partial charge is 0.332 e. The van der Waals surface area contributed by atoms with Crippen molar-refractivity contribution < 1.29 is 13.2 Å². The highest BCUT2D eigenvalue weighted by atomic mass is 32.2. The van der Waals surface area contributed by atoms with Crippen molar-refractivity contribution in [3.8, 4) is 0 Å². The number of alkyl halides is 1. The van der Waals surface area contributed by atoms with E-state index in [-0.39, 0.29) is 24.2 Å². The van der Waals surface area contributed by atoms with Crippen LogP contribution in [-0.2, 0) is 31.4 Å². The molecule has 1 fully saturated rings. The summed E-state index contributed by atoms with van der Waals surface area (Å²) in [5, 5.41) is 4.23. The van der Waals surface area contributed by atoms with Gasteiger partial charge in [0, 0.05) is 42.0 Å². The van der Waals surface area contributed by atoms with Crippen molar-refractivity contribution in [2.45, 2.75) is 31.5 Å². The average Bonchev–Trinajstić information content (AvgIpc) is 3.20. The molecule has 11 nitrogen and oxygen atoms in total. The molecule has 1 saturated carbocycles. The fraction of sp³-hybridized carbons (Fsp3) is 0.333. The number of H-pyrrole nitrogens is 1. The molecule has 1 unspecified atom stereocenters. The topological polar surface area (TPSA) is 134 Å². The first-order valence-corrected chi connectivity index (χ1v) is 11.5. The monoisotopic (exact) mass is 486 g/mol. The van der Waals surface area contributed by atoms with Crippen LogP contribution in [0.5, 0.6) is 0 Å². The summed E-state index contributed by atoms with van der Waals surface area (Å²) in [5.74, 6) is 0. The molecule has 3 heterocycles. The molecule has 0 saturated heterocycles. The number of hydrogen-bond donors (Lipinski definition) is 1. The standard InChI is InChI=1S/C21H22FN7O4S/c1-26-9-14(7-25-26)10-28-19(30)17-6-16(29(34(32)33)21(12-22)4-5-21)2-3-18(17)27(20(28)31)11-15-8-23-13-24-15/h2-3,6-9,13H,4-5,10-12H2,1H3,(H,23,24)(H,32,33)/p-1. The Balaban J connectivity index is 1.72. The van der Waals surface area contributed by atoms with Gasteiger partial charge in [-0.1, -0.05) is 0 Å². The maximum Gasteiger partial charge on any atom is 0.332 e. The Morgan fingerprint density at radius 3 is 2.62 bits per heavy atom. The number of nitrogens with zero attached hydrogens (tertiary/aromatic N) is 6. The molecule has 178 valence electrons. The molecule has 13 heteroatoms. The van der Waals surface area contributed by atoms with Crippen molar-refractivity contribution in [1.82, 2.24) is 28.9 Å². The van der Waals surface area contributed by atoms with Crippen molar-refractivity contribution in [2.24, 2.45) is 7.05 Å². The molecule has 0 bridgehead atoms. The molecule has 0 amide bonds. The molecule has 1 aliphatic carbocycles. The zero-order valence-corrected chi connectivity index (χ0v) is 19.0. The summed E-state index contributed by atoms with van der Waals surface area (Å²) in [5.41, 5.74) is -0.425. The summed E-state index contributed by atoms with van der Waals surface area (Å²) in [6.07, 6.45) is 7.10. The molecule has 1 aliphatic rings. The van der Waals surface area contributed by atoms with E-state index in [4.69, 9.17) is 0 Å². The van der Waals surface area contributed by atoms with Crippen LogP contribution in [0.1, 0.15) is 24.1 Å². The molecule has 0 radical (unpaired) electrons. The Hall–Kier alpha value is -3.58. The van der Waals surface area contributed by atoms with Crippen molar-refractivity contribution in [1.29, 1.82) is 0 Å². The van der Waals surface area contributed by atoms with E-state index < -0.39 is 34.7 Å². The Kier molecular flexibility index (Phi) is 5.44. The predicted octanol–water partition coefficient (Wildman–Crippen LogP) is 0.819. The quantitative estimate of drug-likeness (QED) is 0.367. The van der Waals surface area contributed by atoms with Gasteiger partial charge in [0.25, 0.3) is 5.56 Å². The van der Waals surface area contributed by atoms with Gasteiger partial charge in [-0.3, -0.25) is 27.1 Å². The lowest BCUT2D eigenvalue weighted by molar-refractivity contribution is 0.411. The Morgan fingerprint density at radius 1 is 1.24 bits per heavy atom. The Bertz CT molecular complexity index is 1500. The van der Waals surface area contributed by atoms with Crippen LogP contribution in [0.15, 0.2) is 52.7 Å². The maximum atomic E-state index is 13.7. The van der Waals surface area contributed by atoms with Crippen molar-refractivity contribution in [2.75, 3.05) is 11.0 Å². The van der Waals surface area contributed by atoms with E-state index in [0.29, 0.717) is 29.6 Å². The summed E-state index contributed by atoms with van der Waals surface area (Å²) >= 11 is -2.74. The number of aryl methyl sites for hydroxylation is 1. The first-order valence-electron chi connectivity index (χ1n) is 10.5. The van der Waals surface area contributed by atoms with E-state index >= 15 is 0 Å². The number of nitrogens with one attached hydrogen (secondary N) is 1. The zero-order valence-electron chi connectivity index (χ0n) is 18.2. The van der Waals surface area contributed by atoms with Crippen LogP contribution in [0.2, 0.25) is 0 Å². The van der Waals surface area contributed by atoms with Crippen molar-refractivity contribution in [3.63, 3.8) is 0 Å². The third-order valence-electron chi connectivity index (χ3n) is 6.08. The van der Waals surface area contributed by atoms with Crippen LogP contribution in [0.25, 0.3) is 10.9 Å². The van der Waals surface area contributed by atoms with Gasteiger partial charge < -0.3 is 9.54 Å². The van der Waals surface area contributed by atoms with Crippen LogP contribution < -0.4 is 15.6 Å². The van der Waals surface area contributed by atoms with Crippen LogP contribution >= 0.6 is 0 Å². The Morgan fingerprint density at radius 2 is 2.03 bits per heavy atom. The van der Waals surface area contributed by atoms with Gasteiger partial charge in [0.2, 0.25) is 0 Å². The fourth-order valence-corrected chi connectivity index (χ4v) is 4.99. The second kappa shape index (κ2) is 8.33. The number of hydrogen-bond acceptors (Lipinski definition) is 6. The van der Waals surface area contributed by atoms with E-state index in [0.717, 1.165) is 8.87 Å². The molecule has 5 rings (SSSR count). The van der Waals surface area contributed by atoms with Gasteiger partial charge in [-0.25, -0.2) is 14.2 Å². The molecule has 1 atom stereocenters.